The molecule has 7 heteroatoms. The maximum Gasteiger partial charge on any atom is 0.335 e. The van der Waals surface area contributed by atoms with Crippen LogP contribution in [0.1, 0.15) is 27.2 Å². The molecule has 3 heterocycles. The Labute approximate surface area is 164 Å². The van der Waals surface area contributed by atoms with Crippen LogP contribution in [0.2, 0.25) is 0 Å². The van der Waals surface area contributed by atoms with Gasteiger partial charge < -0.3 is 14.6 Å². The molecule has 0 radical (unpaired) electrons. The summed E-state index contributed by atoms with van der Waals surface area (Å²) in [5.74, 6) is -0.880. The SMILES string of the molecule is CN1CCc2c(c3cc(C(=O)O)ccc3n2Cc2cccnc2)C1.Cl.Cl. The number of likely N-dealkylation sites (N-methyl/N-ethyl adjacent to an activating group) is 1. The molecule has 1 aliphatic heterocycles. The fourth-order valence-electron chi connectivity index (χ4n) is 3.57. The quantitative estimate of drug-likeness (QED) is 0.738. The number of carboxylic acids is 1. The molecule has 3 aromatic rings. The zero-order valence-electron chi connectivity index (χ0n) is 14.4. The van der Waals surface area contributed by atoms with Crippen LogP contribution in [0.4, 0.5) is 0 Å². The number of carboxylic acid groups (broad SMARTS) is 1. The smallest absolute Gasteiger partial charge is 0.335 e. The van der Waals surface area contributed by atoms with Crippen molar-refractivity contribution in [1.29, 1.82) is 0 Å². The molecule has 4 rings (SSSR count). The molecule has 0 saturated heterocycles. The molecule has 1 aliphatic rings. The summed E-state index contributed by atoms with van der Waals surface area (Å²) in [5, 5.41) is 10.4. The third kappa shape index (κ3) is 3.56. The summed E-state index contributed by atoms with van der Waals surface area (Å²) in [7, 11) is 2.11. The average Bonchev–Trinajstić information content (AvgIpc) is 2.88. The van der Waals surface area contributed by atoms with Crippen LogP contribution < -0.4 is 0 Å². The summed E-state index contributed by atoms with van der Waals surface area (Å²) >= 11 is 0. The minimum absolute atomic E-state index is 0. The average molecular weight is 394 g/mol. The molecule has 1 aromatic carbocycles. The molecule has 0 saturated carbocycles. The van der Waals surface area contributed by atoms with E-state index in [-0.39, 0.29) is 24.8 Å². The van der Waals surface area contributed by atoms with Crippen LogP contribution >= 0.6 is 24.8 Å². The zero-order chi connectivity index (χ0) is 16.7. The van der Waals surface area contributed by atoms with Crippen molar-refractivity contribution in [3.8, 4) is 0 Å². The number of aromatic carboxylic acids is 1. The first kappa shape index (κ1) is 20.2. The Kier molecular flexibility index (Phi) is 6.29. The van der Waals surface area contributed by atoms with Gasteiger partial charge in [0, 0.05) is 55.0 Å². The van der Waals surface area contributed by atoms with Gasteiger partial charge in [-0.2, -0.15) is 0 Å². The fourth-order valence-corrected chi connectivity index (χ4v) is 3.57. The van der Waals surface area contributed by atoms with Crippen LogP contribution in [-0.2, 0) is 19.5 Å². The number of hydrogen-bond acceptors (Lipinski definition) is 3. The van der Waals surface area contributed by atoms with E-state index in [2.05, 4.69) is 27.6 Å². The molecule has 138 valence electrons. The van der Waals surface area contributed by atoms with Gasteiger partial charge in [-0.3, -0.25) is 4.98 Å². The van der Waals surface area contributed by atoms with E-state index in [0.717, 1.165) is 42.5 Å². The third-order valence-corrected chi connectivity index (χ3v) is 4.76. The second kappa shape index (κ2) is 8.08. The van der Waals surface area contributed by atoms with E-state index in [9.17, 15) is 9.90 Å². The molecule has 2 aromatic heterocycles. The van der Waals surface area contributed by atoms with E-state index in [4.69, 9.17) is 0 Å². The Hall–Kier alpha value is -2.08. The molecule has 0 amide bonds. The van der Waals surface area contributed by atoms with E-state index >= 15 is 0 Å². The van der Waals surface area contributed by atoms with Crippen molar-refractivity contribution >= 4 is 41.7 Å². The first-order valence-electron chi connectivity index (χ1n) is 8.08. The summed E-state index contributed by atoms with van der Waals surface area (Å²) in [6.07, 6.45) is 4.64. The van der Waals surface area contributed by atoms with Crippen molar-refractivity contribution in [3.05, 3.63) is 65.1 Å². The van der Waals surface area contributed by atoms with Gasteiger partial charge in [0.1, 0.15) is 0 Å². The van der Waals surface area contributed by atoms with Gasteiger partial charge in [-0.05, 0) is 42.4 Å². The van der Waals surface area contributed by atoms with Crippen LogP contribution in [-0.4, -0.2) is 39.1 Å². The van der Waals surface area contributed by atoms with Gasteiger partial charge in [-0.25, -0.2) is 4.79 Å². The first-order valence-corrected chi connectivity index (χ1v) is 8.08. The van der Waals surface area contributed by atoms with Crippen molar-refractivity contribution in [2.45, 2.75) is 19.5 Å². The van der Waals surface area contributed by atoms with Crippen molar-refractivity contribution in [3.63, 3.8) is 0 Å². The molecule has 0 spiro atoms. The van der Waals surface area contributed by atoms with Crippen LogP contribution in [0, 0.1) is 0 Å². The lowest BCUT2D eigenvalue weighted by Crippen LogP contribution is -2.27. The van der Waals surface area contributed by atoms with Crippen molar-refractivity contribution in [2.75, 3.05) is 13.6 Å². The van der Waals surface area contributed by atoms with Crippen LogP contribution in [0.15, 0.2) is 42.7 Å². The van der Waals surface area contributed by atoms with Gasteiger partial charge >= 0.3 is 5.97 Å². The summed E-state index contributed by atoms with van der Waals surface area (Å²) in [6, 6.07) is 9.47. The van der Waals surface area contributed by atoms with Crippen molar-refractivity contribution in [1.82, 2.24) is 14.5 Å². The Morgan fingerprint density at radius 2 is 2.08 bits per heavy atom. The molecule has 5 nitrogen and oxygen atoms in total. The van der Waals surface area contributed by atoms with Gasteiger partial charge in [0.15, 0.2) is 0 Å². The molecular weight excluding hydrogens is 373 g/mol. The minimum Gasteiger partial charge on any atom is -0.478 e. The number of benzene rings is 1. The summed E-state index contributed by atoms with van der Waals surface area (Å²) < 4.78 is 2.32. The highest BCUT2D eigenvalue weighted by Gasteiger charge is 2.23. The normalized spacial score (nSPS) is 13.6. The van der Waals surface area contributed by atoms with Crippen LogP contribution in [0.5, 0.6) is 0 Å². The molecule has 0 fully saturated rings. The number of fused-ring (bicyclic) bond motifs is 3. The predicted molar refractivity (Wildman–Crippen MR) is 107 cm³/mol. The van der Waals surface area contributed by atoms with Gasteiger partial charge in [0.2, 0.25) is 0 Å². The number of nitrogens with zero attached hydrogens (tertiary/aromatic N) is 3. The lowest BCUT2D eigenvalue weighted by molar-refractivity contribution is 0.0697. The lowest BCUT2D eigenvalue weighted by atomic mass is 10.0. The zero-order valence-corrected chi connectivity index (χ0v) is 16.0. The van der Waals surface area contributed by atoms with E-state index in [0.29, 0.717) is 5.56 Å². The highest BCUT2D eigenvalue weighted by molar-refractivity contribution is 5.95. The predicted octanol–water partition coefficient (Wildman–Crippen LogP) is 3.61. The Bertz CT molecular complexity index is 925. The molecule has 26 heavy (non-hydrogen) atoms. The molecule has 0 aliphatic carbocycles. The number of halogens is 2. The van der Waals surface area contributed by atoms with Gasteiger partial charge in [-0.15, -0.1) is 24.8 Å². The molecule has 0 unspecified atom stereocenters. The van der Waals surface area contributed by atoms with Gasteiger partial charge in [0.05, 0.1) is 5.56 Å². The molecule has 1 N–H and O–H groups in total. The number of pyridine rings is 1. The highest BCUT2D eigenvalue weighted by atomic mass is 35.5. The number of carbonyl (C=O) groups is 1. The van der Waals surface area contributed by atoms with E-state index in [1.54, 1.807) is 12.3 Å². The Morgan fingerprint density at radius 3 is 2.77 bits per heavy atom. The largest absolute Gasteiger partial charge is 0.478 e. The second-order valence-electron chi connectivity index (χ2n) is 6.40. The van der Waals surface area contributed by atoms with E-state index in [1.165, 1.54) is 11.3 Å². The van der Waals surface area contributed by atoms with Crippen LogP contribution in [0.25, 0.3) is 10.9 Å². The van der Waals surface area contributed by atoms with Crippen molar-refractivity contribution < 1.29 is 9.90 Å². The van der Waals surface area contributed by atoms with Gasteiger partial charge in [0.25, 0.3) is 0 Å². The molecular formula is C19H21Cl2N3O2. The van der Waals surface area contributed by atoms with Crippen molar-refractivity contribution in [2.24, 2.45) is 0 Å². The highest BCUT2D eigenvalue weighted by Crippen LogP contribution is 2.32. The monoisotopic (exact) mass is 393 g/mol. The minimum atomic E-state index is -0.880. The summed E-state index contributed by atoms with van der Waals surface area (Å²) in [5.41, 5.74) is 5.17. The number of aromatic nitrogens is 2. The Balaban J connectivity index is 0.00000121. The second-order valence-corrected chi connectivity index (χ2v) is 6.40. The number of rotatable bonds is 3. The molecule has 0 bridgehead atoms. The summed E-state index contributed by atoms with van der Waals surface area (Å²) in [4.78, 5) is 17.8. The topological polar surface area (TPSA) is 58.4 Å². The maximum atomic E-state index is 11.3. The first-order chi connectivity index (χ1) is 11.6. The van der Waals surface area contributed by atoms with Crippen LogP contribution in [0.3, 0.4) is 0 Å². The standard InChI is InChI=1S/C19H19N3O2.2ClH/c1-21-8-6-18-16(12-21)15-9-14(19(23)24)4-5-17(15)22(18)11-13-3-2-7-20-10-13;;/h2-5,7,9-10H,6,8,11-12H2,1H3,(H,23,24);2*1H. The van der Waals surface area contributed by atoms with Gasteiger partial charge in [-0.1, -0.05) is 6.07 Å². The van der Waals surface area contributed by atoms with E-state index < -0.39 is 5.97 Å². The number of hydrogen-bond donors (Lipinski definition) is 1. The van der Waals surface area contributed by atoms with E-state index in [1.807, 2.05) is 24.4 Å². The molecule has 0 atom stereocenters. The fraction of sp³-hybridized carbons (Fsp3) is 0.263. The maximum absolute atomic E-state index is 11.3. The summed E-state index contributed by atoms with van der Waals surface area (Å²) in [6.45, 7) is 2.63. The Morgan fingerprint density at radius 1 is 1.27 bits per heavy atom. The lowest BCUT2D eigenvalue weighted by Gasteiger charge is -2.24. The third-order valence-electron chi connectivity index (χ3n) is 4.76.